The van der Waals surface area contributed by atoms with E-state index in [2.05, 4.69) is 5.32 Å². The summed E-state index contributed by atoms with van der Waals surface area (Å²) < 4.78 is 10.7. The highest BCUT2D eigenvalue weighted by Crippen LogP contribution is 2.20. The van der Waals surface area contributed by atoms with Gasteiger partial charge in [-0.1, -0.05) is 36.8 Å². The fourth-order valence-corrected chi connectivity index (χ4v) is 2.28. The smallest absolute Gasteiger partial charge is 0.258 e. The van der Waals surface area contributed by atoms with Crippen molar-refractivity contribution in [2.45, 2.75) is 26.3 Å². The summed E-state index contributed by atoms with van der Waals surface area (Å²) in [7, 11) is 1.64. The highest BCUT2D eigenvalue weighted by molar-refractivity contribution is 5.78. The second-order valence-corrected chi connectivity index (χ2v) is 5.40. The van der Waals surface area contributed by atoms with E-state index in [-0.39, 0.29) is 18.6 Å². The number of benzene rings is 2. The Kier molecular flexibility index (Phi) is 6.03. The van der Waals surface area contributed by atoms with Crippen molar-refractivity contribution >= 4 is 5.91 Å². The summed E-state index contributed by atoms with van der Waals surface area (Å²) >= 11 is 0. The monoisotopic (exact) mass is 313 g/mol. The van der Waals surface area contributed by atoms with E-state index in [1.54, 1.807) is 7.11 Å². The van der Waals surface area contributed by atoms with Gasteiger partial charge in [0.15, 0.2) is 6.61 Å². The third-order valence-corrected chi connectivity index (χ3v) is 3.65. The Balaban J connectivity index is 1.89. The predicted octanol–water partition coefficient (Wildman–Crippen LogP) is 3.65. The Morgan fingerprint density at radius 2 is 1.65 bits per heavy atom. The highest BCUT2D eigenvalue weighted by Gasteiger charge is 2.13. The standard InChI is InChI=1S/C19H23NO3/c1-4-18(15-7-11-16(22-3)12-8-15)20-19(21)13-23-17-9-5-14(2)6-10-17/h5-12,18H,4,13H2,1-3H3,(H,20,21)/t18-/m1/s1. The molecule has 4 nitrogen and oxygen atoms in total. The minimum absolute atomic E-state index is 0.00964. The van der Waals surface area contributed by atoms with E-state index in [1.165, 1.54) is 0 Å². The summed E-state index contributed by atoms with van der Waals surface area (Å²) in [5, 5.41) is 3.00. The van der Waals surface area contributed by atoms with Crippen LogP contribution in [0.25, 0.3) is 0 Å². The van der Waals surface area contributed by atoms with Crippen molar-refractivity contribution in [2.24, 2.45) is 0 Å². The van der Waals surface area contributed by atoms with Gasteiger partial charge in [0.05, 0.1) is 13.2 Å². The van der Waals surface area contributed by atoms with Crippen LogP contribution in [0.15, 0.2) is 48.5 Å². The van der Waals surface area contributed by atoms with Gasteiger partial charge in [-0.2, -0.15) is 0 Å². The van der Waals surface area contributed by atoms with Crippen molar-refractivity contribution in [2.75, 3.05) is 13.7 Å². The van der Waals surface area contributed by atoms with Crippen LogP contribution in [-0.2, 0) is 4.79 Å². The first-order valence-corrected chi connectivity index (χ1v) is 7.75. The summed E-state index contributed by atoms with van der Waals surface area (Å²) in [4.78, 5) is 12.1. The molecular formula is C19H23NO3. The third-order valence-electron chi connectivity index (χ3n) is 3.65. The molecule has 4 heteroatoms. The molecule has 0 aliphatic carbocycles. The number of hydrogen-bond acceptors (Lipinski definition) is 3. The number of carbonyl (C=O) groups is 1. The molecule has 0 aliphatic rings. The molecule has 1 atom stereocenters. The summed E-state index contributed by atoms with van der Waals surface area (Å²) in [6.45, 7) is 4.06. The van der Waals surface area contributed by atoms with Gasteiger partial charge < -0.3 is 14.8 Å². The van der Waals surface area contributed by atoms with Gasteiger partial charge in [-0.15, -0.1) is 0 Å². The molecule has 0 bridgehead atoms. The second kappa shape index (κ2) is 8.22. The lowest BCUT2D eigenvalue weighted by Gasteiger charge is -2.18. The van der Waals surface area contributed by atoms with Crippen LogP contribution in [-0.4, -0.2) is 19.6 Å². The molecule has 1 amide bonds. The minimum atomic E-state index is -0.131. The zero-order valence-electron chi connectivity index (χ0n) is 13.8. The highest BCUT2D eigenvalue weighted by atomic mass is 16.5. The molecule has 0 radical (unpaired) electrons. The maximum Gasteiger partial charge on any atom is 0.258 e. The van der Waals surface area contributed by atoms with E-state index in [0.717, 1.165) is 23.3 Å². The Hall–Kier alpha value is -2.49. The van der Waals surface area contributed by atoms with Crippen molar-refractivity contribution in [1.82, 2.24) is 5.32 Å². The van der Waals surface area contributed by atoms with E-state index < -0.39 is 0 Å². The van der Waals surface area contributed by atoms with E-state index in [1.807, 2.05) is 62.4 Å². The first kappa shape index (κ1) is 16.9. The van der Waals surface area contributed by atoms with E-state index in [0.29, 0.717) is 5.75 Å². The molecule has 0 aromatic heterocycles. The van der Waals surface area contributed by atoms with Crippen molar-refractivity contribution < 1.29 is 14.3 Å². The maximum atomic E-state index is 12.1. The number of methoxy groups -OCH3 is 1. The van der Waals surface area contributed by atoms with Crippen molar-refractivity contribution in [3.05, 3.63) is 59.7 Å². The van der Waals surface area contributed by atoms with Crippen LogP contribution in [0.2, 0.25) is 0 Å². The van der Waals surface area contributed by atoms with Crippen LogP contribution >= 0.6 is 0 Å². The third kappa shape index (κ3) is 5.02. The lowest BCUT2D eigenvalue weighted by atomic mass is 10.0. The van der Waals surface area contributed by atoms with Crippen LogP contribution in [0.1, 0.15) is 30.5 Å². The molecule has 2 aromatic rings. The van der Waals surface area contributed by atoms with Gasteiger partial charge in [-0.3, -0.25) is 4.79 Å². The fraction of sp³-hybridized carbons (Fsp3) is 0.316. The van der Waals surface area contributed by atoms with Gasteiger partial charge in [0.1, 0.15) is 11.5 Å². The average Bonchev–Trinajstić information content (AvgIpc) is 2.59. The van der Waals surface area contributed by atoms with Crippen LogP contribution in [0, 0.1) is 6.92 Å². The molecule has 2 aromatic carbocycles. The topological polar surface area (TPSA) is 47.6 Å². The molecule has 0 saturated heterocycles. The normalized spacial score (nSPS) is 11.6. The van der Waals surface area contributed by atoms with Gasteiger partial charge in [0.25, 0.3) is 5.91 Å². The largest absolute Gasteiger partial charge is 0.497 e. The quantitative estimate of drug-likeness (QED) is 0.849. The number of rotatable bonds is 7. The Morgan fingerprint density at radius 1 is 1.04 bits per heavy atom. The van der Waals surface area contributed by atoms with Crippen LogP contribution in [0.3, 0.4) is 0 Å². The lowest BCUT2D eigenvalue weighted by molar-refractivity contribution is -0.123. The fourth-order valence-electron chi connectivity index (χ4n) is 2.28. The van der Waals surface area contributed by atoms with Gasteiger partial charge in [0, 0.05) is 0 Å². The molecule has 23 heavy (non-hydrogen) atoms. The Labute approximate surface area is 137 Å². The number of aryl methyl sites for hydroxylation is 1. The van der Waals surface area contributed by atoms with Gasteiger partial charge in [0.2, 0.25) is 0 Å². The summed E-state index contributed by atoms with van der Waals surface area (Å²) in [6.07, 6.45) is 0.808. The van der Waals surface area contributed by atoms with Crippen molar-refractivity contribution in [1.29, 1.82) is 0 Å². The van der Waals surface area contributed by atoms with Crippen LogP contribution in [0.5, 0.6) is 11.5 Å². The van der Waals surface area contributed by atoms with Gasteiger partial charge >= 0.3 is 0 Å². The summed E-state index contributed by atoms with van der Waals surface area (Å²) in [5.41, 5.74) is 2.21. The van der Waals surface area contributed by atoms with Gasteiger partial charge in [-0.25, -0.2) is 0 Å². The Morgan fingerprint density at radius 3 is 2.22 bits per heavy atom. The number of ether oxygens (including phenoxy) is 2. The van der Waals surface area contributed by atoms with Crippen molar-refractivity contribution in [3.8, 4) is 11.5 Å². The first-order chi connectivity index (χ1) is 11.1. The molecule has 0 fully saturated rings. The van der Waals surface area contributed by atoms with E-state index in [4.69, 9.17) is 9.47 Å². The zero-order chi connectivity index (χ0) is 16.7. The molecule has 0 spiro atoms. The molecule has 1 N–H and O–H groups in total. The van der Waals surface area contributed by atoms with Crippen LogP contribution in [0.4, 0.5) is 0 Å². The number of carbonyl (C=O) groups excluding carboxylic acids is 1. The Bertz CT molecular complexity index is 620. The SMILES string of the molecule is CC[C@@H](NC(=O)COc1ccc(C)cc1)c1ccc(OC)cc1. The summed E-state index contributed by atoms with van der Waals surface area (Å²) in [6, 6.07) is 15.3. The minimum Gasteiger partial charge on any atom is -0.497 e. The molecule has 122 valence electrons. The summed E-state index contributed by atoms with van der Waals surface area (Å²) in [5.74, 6) is 1.37. The first-order valence-electron chi connectivity index (χ1n) is 7.75. The molecule has 0 heterocycles. The molecule has 0 unspecified atom stereocenters. The predicted molar refractivity (Wildman–Crippen MR) is 90.8 cm³/mol. The zero-order valence-corrected chi connectivity index (χ0v) is 13.8. The second-order valence-electron chi connectivity index (χ2n) is 5.40. The molecular weight excluding hydrogens is 290 g/mol. The molecule has 2 rings (SSSR count). The average molecular weight is 313 g/mol. The lowest BCUT2D eigenvalue weighted by Crippen LogP contribution is -2.32. The number of hydrogen-bond donors (Lipinski definition) is 1. The molecule has 0 saturated carbocycles. The van der Waals surface area contributed by atoms with Crippen molar-refractivity contribution in [3.63, 3.8) is 0 Å². The molecule has 0 aliphatic heterocycles. The van der Waals surface area contributed by atoms with Crippen LogP contribution < -0.4 is 14.8 Å². The van der Waals surface area contributed by atoms with Gasteiger partial charge in [-0.05, 0) is 43.2 Å². The number of amides is 1. The van der Waals surface area contributed by atoms with E-state index in [9.17, 15) is 4.79 Å². The van der Waals surface area contributed by atoms with E-state index >= 15 is 0 Å². The maximum absolute atomic E-state index is 12.1. The number of nitrogens with one attached hydrogen (secondary N) is 1.